The van der Waals surface area contributed by atoms with Crippen molar-refractivity contribution in [1.82, 2.24) is 43.6 Å². The summed E-state index contributed by atoms with van der Waals surface area (Å²) in [5, 5.41) is 0. The number of para-hydroxylation sites is 6. The summed E-state index contributed by atoms with van der Waals surface area (Å²) in [5.41, 5.74) is 11.9. The standard InChI is InChI=1S/C45H33N9/c1-4-19-40-34(13-1)49-43(37-16-7-10-22-46-37)52(40)28-31-25-32(29-53-41-20-5-2-14-35(41)50-44(53)38-17-8-11-23-47-38)27-33(26-31)30-54-42-21-6-3-15-36(42)51-45(54)39-18-9-12-24-48-39/h1-27H,28-30H2. The maximum atomic E-state index is 5.07. The summed E-state index contributed by atoms with van der Waals surface area (Å²) in [6.45, 7) is 1.80. The molecule has 0 atom stereocenters. The summed E-state index contributed by atoms with van der Waals surface area (Å²) in [7, 11) is 0. The first-order chi connectivity index (χ1) is 26.7. The molecule has 9 nitrogen and oxygen atoms in total. The van der Waals surface area contributed by atoms with Crippen molar-refractivity contribution in [1.29, 1.82) is 0 Å². The highest BCUT2D eigenvalue weighted by Crippen LogP contribution is 2.30. The van der Waals surface area contributed by atoms with Crippen LogP contribution in [0.3, 0.4) is 0 Å². The van der Waals surface area contributed by atoms with Crippen molar-refractivity contribution in [3.05, 3.63) is 181 Å². The number of benzene rings is 4. The van der Waals surface area contributed by atoms with Crippen LogP contribution in [0.5, 0.6) is 0 Å². The van der Waals surface area contributed by atoms with E-state index in [1.165, 1.54) is 0 Å². The molecule has 0 bridgehead atoms. The molecule has 0 spiro atoms. The first-order valence-corrected chi connectivity index (χ1v) is 18.0. The van der Waals surface area contributed by atoms with Gasteiger partial charge in [-0.15, -0.1) is 0 Å². The monoisotopic (exact) mass is 699 g/mol. The molecule has 10 rings (SSSR count). The van der Waals surface area contributed by atoms with Crippen molar-refractivity contribution >= 4 is 33.1 Å². The Hall–Kier alpha value is -7.26. The van der Waals surface area contributed by atoms with E-state index in [9.17, 15) is 0 Å². The number of aromatic nitrogens is 9. The van der Waals surface area contributed by atoms with E-state index in [0.29, 0.717) is 19.6 Å². The molecular formula is C45H33N9. The van der Waals surface area contributed by atoms with Gasteiger partial charge in [0.25, 0.3) is 0 Å². The van der Waals surface area contributed by atoms with Crippen LogP contribution in [0.1, 0.15) is 16.7 Å². The molecule has 0 fully saturated rings. The second-order valence-corrected chi connectivity index (χ2v) is 13.3. The molecule has 0 aliphatic heterocycles. The minimum atomic E-state index is 0.600. The fourth-order valence-corrected chi connectivity index (χ4v) is 7.44. The van der Waals surface area contributed by atoms with Crippen LogP contribution in [0.4, 0.5) is 0 Å². The predicted octanol–water partition coefficient (Wildman–Crippen LogP) is 9.07. The predicted molar refractivity (Wildman–Crippen MR) is 213 cm³/mol. The molecule has 0 aliphatic carbocycles. The van der Waals surface area contributed by atoms with Gasteiger partial charge in [0.05, 0.1) is 33.1 Å². The van der Waals surface area contributed by atoms with Crippen LogP contribution in [-0.2, 0) is 19.6 Å². The molecule has 54 heavy (non-hydrogen) atoms. The van der Waals surface area contributed by atoms with Crippen LogP contribution in [0.25, 0.3) is 67.7 Å². The minimum absolute atomic E-state index is 0.600. The van der Waals surface area contributed by atoms with Crippen LogP contribution < -0.4 is 0 Å². The number of pyridine rings is 3. The van der Waals surface area contributed by atoms with E-state index in [1.807, 2.05) is 91.4 Å². The molecule has 0 amide bonds. The quantitative estimate of drug-likeness (QED) is 0.149. The molecule has 0 radical (unpaired) electrons. The van der Waals surface area contributed by atoms with Crippen molar-refractivity contribution < 1.29 is 0 Å². The van der Waals surface area contributed by atoms with E-state index in [2.05, 4.69) is 86.5 Å². The molecule has 0 aliphatic rings. The maximum Gasteiger partial charge on any atom is 0.160 e. The van der Waals surface area contributed by atoms with Crippen molar-refractivity contribution in [2.45, 2.75) is 19.6 Å². The Morgan fingerprint density at radius 3 is 0.926 bits per heavy atom. The highest BCUT2D eigenvalue weighted by Gasteiger charge is 2.19. The molecule has 258 valence electrons. The van der Waals surface area contributed by atoms with Crippen molar-refractivity contribution in [2.75, 3.05) is 0 Å². The van der Waals surface area contributed by atoms with Crippen LogP contribution in [0, 0.1) is 0 Å². The molecule has 0 unspecified atom stereocenters. The highest BCUT2D eigenvalue weighted by atomic mass is 15.1. The highest BCUT2D eigenvalue weighted by molar-refractivity contribution is 5.82. The van der Waals surface area contributed by atoms with Crippen LogP contribution >= 0.6 is 0 Å². The number of nitrogens with zero attached hydrogens (tertiary/aromatic N) is 9. The zero-order chi connectivity index (χ0) is 35.8. The minimum Gasteiger partial charge on any atom is -0.318 e. The van der Waals surface area contributed by atoms with Gasteiger partial charge >= 0.3 is 0 Å². The molecule has 10 aromatic rings. The lowest BCUT2D eigenvalue weighted by molar-refractivity contribution is 0.789. The molecular weight excluding hydrogens is 667 g/mol. The van der Waals surface area contributed by atoms with E-state index in [-0.39, 0.29) is 0 Å². The van der Waals surface area contributed by atoms with Gasteiger partial charge < -0.3 is 13.7 Å². The Morgan fingerprint density at radius 2 is 0.630 bits per heavy atom. The largest absolute Gasteiger partial charge is 0.318 e. The third-order valence-corrected chi connectivity index (χ3v) is 9.78. The number of hydrogen-bond acceptors (Lipinski definition) is 6. The zero-order valence-corrected chi connectivity index (χ0v) is 29.2. The van der Waals surface area contributed by atoms with Gasteiger partial charge in [-0.2, -0.15) is 0 Å². The summed E-state index contributed by atoms with van der Waals surface area (Å²) in [6.07, 6.45) is 5.46. The SMILES string of the molecule is c1ccc(-c2nc3ccccc3n2Cc2cc(Cn3c(-c4ccccn4)nc4ccccc43)cc(Cn3c(-c4ccccn4)nc4ccccc43)c2)nc1. The average molecular weight is 700 g/mol. The lowest BCUT2D eigenvalue weighted by Crippen LogP contribution is -2.09. The van der Waals surface area contributed by atoms with Crippen LogP contribution in [-0.4, -0.2) is 43.6 Å². The summed E-state index contributed by atoms with van der Waals surface area (Å²) >= 11 is 0. The molecule has 0 saturated carbocycles. The lowest BCUT2D eigenvalue weighted by Gasteiger charge is -2.16. The van der Waals surface area contributed by atoms with Crippen LogP contribution in [0.2, 0.25) is 0 Å². The molecule has 0 N–H and O–H groups in total. The second kappa shape index (κ2) is 13.4. The molecule has 9 heteroatoms. The van der Waals surface area contributed by atoms with Gasteiger partial charge in [-0.3, -0.25) is 15.0 Å². The third-order valence-electron chi connectivity index (χ3n) is 9.78. The number of rotatable bonds is 9. The molecule has 0 saturated heterocycles. The topological polar surface area (TPSA) is 92.1 Å². The van der Waals surface area contributed by atoms with Crippen LogP contribution in [0.15, 0.2) is 164 Å². The van der Waals surface area contributed by atoms with Crippen molar-refractivity contribution in [2.24, 2.45) is 0 Å². The van der Waals surface area contributed by atoms with E-state index in [0.717, 1.165) is 84.3 Å². The first kappa shape index (κ1) is 31.5. The second-order valence-electron chi connectivity index (χ2n) is 13.3. The number of imidazole rings is 3. The Balaban J connectivity index is 1.14. The fourth-order valence-electron chi connectivity index (χ4n) is 7.44. The van der Waals surface area contributed by atoms with Gasteiger partial charge in [-0.05, 0) is 89.5 Å². The average Bonchev–Trinajstić information content (AvgIpc) is 3.91. The van der Waals surface area contributed by atoms with Gasteiger partial charge in [0.2, 0.25) is 0 Å². The van der Waals surface area contributed by atoms with Gasteiger partial charge in [-0.25, -0.2) is 15.0 Å². The van der Waals surface area contributed by atoms with E-state index < -0.39 is 0 Å². The lowest BCUT2D eigenvalue weighted by atomic mass is 10.0. The smallest absolute Gasteiger partial charge is 0.160 e. The maximum absolute atomic E-state index is 5.07. The first-order valence-electron chi connectivity index (χ1n) is 18.0. The number of hydrogen-bond donors (Lipinski definition) is 0. The normalized spacial score (nSPS) is 11.6. The van der Waals surface area contributed by atoms with E-state index >= 15 is 0 Å². The van der Waals surface area contributed by atoms with Gasteiger partial charge in [0, 0.05) is 38.2 Å². The van der Waals surface area contributed by atoms with Crippen molar-refractivity contribution in [3.8, 4) is 34.6 Å². The third kappa shape index (κ3) is 5.78. The van der Waals surface area contributed by atoms with E-state index in [4.69, 9.17) is 29.9 Å². The summed E-state index contributed by atoms with van der Waals surface area (Å²) in [6, 6.07) is 49.7. The summed E-state index contributed by atoms with van der Waals surface area (Å²) < 4.78 is 6.83. The Bertz CT molecular complexity index is 2580. The van der Waals surface area contributed by atoms with Gasteiger partial charge in [0.1, 0.15) is 17.1 Å². The Kier molecular flexibility index (Phi) is 7.79. The van der Waals surface area contributed by atoms with Crippen molar-refractivity contribution in [3.63, 3.8) is 0 Å². The Labute approximate surface area is 310 Å². The van der Waals surface area contributed by atoms with Gasteiger partial charge in [-0.1, -0.05) is 72.8 Å². The van der Waals surface area contributed by atoms with E-state index in [1.54, 1.807) is 0 Å². The van der Waals surface area contributed by atoms with Gasteiger partial charge in [0.15, 0.2) is 17.5 Å². The molecule has 6 heterocycles. The zero-order valence-electron chi connectivity index (χ0n) is 29.2. The fraction of sp³-hybridized carbons (Fsp3) is 0.0667. The molecule has 4 aromatic carbocycles. The summed E-state index contributed by atoms with van der Waals surface area (Å²) in [4.78, 5) is 29.3. The number of fused-ring (bicyclic) bond motifs is 3. The summed E-state index contributed by atoms with van der Waals surface area (Å²) in [5.74, 6) is 2.50. The molecule has 6 aromatic heterocycles. The Morgan fingerprint density at radius 1 is 0.333 bits per heavy atom.